The molecule has 4 aromatic carbocycles. The van der Waals surface area contributed by atoms with Gasteiger partial charge in [0.15, 0.2) is 10.6 Å². The first-order valence-corrected chi connectivity index (χ1v) is 17.7. The Balaban J connectivity index is 0.000000400. The molecule has 0 fully saturated rings. The van der Waals surface area contributed by atoms with Gasteiger partial charge >= 0.3 is 0 Å². The van der Waals surface area contributed by atoms with Crippen molar-refractivity contribution in [2.45, 2.75) is 79.6 Å². The van der Waals surface area contributed by atoms with Crippen molar-refractivity contribution < 1.29 is 17.1 Å². The van der Waals surface area contributed by atoms with Crippen LogP contribution in [0.15, 0.2) is 109 Å². The summed E-state index contributed by atoms with van der Waals surface area (Å²) in [7, 11) is 8.47. The fraction of sp³-hybridized carbons (Fsp3) is 0.333. The van der Waals surface area contributed by atoms with Crippen molar-refractivity contribution in [1.29, 1.82) is 0 Å². The molecule has 0 aromatic heterocycles. The van der Waals surface area contributed by atoms with Crippen LogP contribution < -0.4 is 19.6 Å². The molecule has 0 spiro atoms. The van der Waals surface area contributed by atoms with Crippen LogP contribution >= 0.6 is 7.92 Å². The van der Waals surface area contributed by atoms with Gasteiger partial charge in [0.1, 0.15) is 11.4 Å². The molecular formula is C39H54CuN3P. The van der Waals surface area contributed by atoms with Crippen LogP contribution in [0.4, 0.5) is 22.7 Å². The summed E-state index contributed by atoms with van der Waals surface area (Å²) in [6.07, 6.45) is 0. The van der Waals surface area contributed by atoms with Gasteiger partial charge in [-0.2, -0.15) is 0 Å². The molecule has 241 valence electrons. The van der Waals surface area contributed by atoms with Crippen LogP contribution in [0.3, 0.4) is 0 Å². The summed E-state index contributed by atoms with van der Waals surface area (Å²) in [5, 5.41) is 7.37. The SMILES string of the molecule is [CH2-][N+](c1ccccc1[PH+](C)c1ccccc1[N+]([CH2-])(C(C)C)C(C)C)(C(C)C)C(C)C.[Cu].c1ccc([N-]c2ccccc2)cc1. The van der Waals surface area contributed by atoms with Crippen molar-refractivity contribution in [3.8, 4) is 0 Å². The van der Waals surface area contributed by atoms with Crippen LogP contribution in [-0.4, -0.2) is 30.8 Å². The zero-order chi connectivity index (χ0) is 31.8. The first-order valence-electron chi connectivity index (χ1n) is 15.7. The average Bonchev–Trinajstić information content (AvgIpc) is 3.00. The van der Waals surface area contributed by atoms with Crippen LogP contribution in [0.2, 0.25) is 0 Å². The maximum absolute atomic E-state index is 4.74. The van der Waals surface area contributed by atoms with Gasteiger partial charge in [0.2, 0.25) is 0 Å². The first-order chi connectivity index (χ1) is 20.3. The van der Waals surface area contributed by atoms with Gasteiger partial charge in [-0.3, -0.25) is 0 Å². The molecule has 0 saturated carbocycles. The molecule has 0 unspecified atom stereocenters. The van der Waals surface area contributed by atoms with Gasteiger partial charge < -0.3 is 14.3 Å². The fourth-order valence-corrected chi connectivity index (χ4v) is 8.25. The van der Waals surface area contributed by atoms with Gasteiger partial charge in [0.25, 0.3) is 0 Å². The quantitative estimate of drug-likeness (QED) is 0.0697. The van der Waals surface area contributed by atoms with E-state index in [0.29, 0.717) is 33.1 Å². The fourth-order valence-electron chi connectivity index (χ4n) is 5.91. The van der Waals surface area contributed by atoms with Crippen LogP contribution in [0.25, 0.3) is 5.32 Å². The Morgan fingerprint density at radius 1 is 0.477 bits per heavy atom. The third-order valence-electron chi connectivity index (χ3n) is 8.97. The molecule has 4 aromatic rings. The third-order valence-corrected chi connectivity index (χ3v) is 11.4. The van der Waals surface area contributed by atoms with E-state index < -0.39 is 7.92 Å². The smallest absolute Gasteiger partial charge is 0.154 e. The number of nitrogens with zero attached hydrogens (tertiary/aromatic N) is 3. The molecule has 0 atom stereocenters. The Hall–Kier alpha value is -2.45. The molecule has 4 rings (SSSR count). The maximum Gasteiger partial charge on any atom is 0.154 e. The van der Waals surface area contributed by atoms with Crippen LogP contribution in [0.1, 0.15) is 55.4 Å². The summed E-state index contributed by atoms with van der Waals surface area (Å²) in [4.78, 5) is 0. The van der Waals surface area contributed by atoms with E-state index in [0.717, 1.165) is 11.4 Å². The Kier molecular flexibility index (Phi) is 14.4. The van der Waals surface area contributed by atoms with Crippen molar-refractivity contribution in [1.82, 2.24) is 8.97 Å². The second-order valence-electron chi connectivity index (χ2n) is 12.7. The van der Waals surface area contributed by atoms with Gasteiger partial charge in [-0.1, -0.05) is 84.9 Å². The van der Waals surface area contributed by atoms with Crippen molar-refractivity contribution in [2.24, 2.45) is 0 Å². The van der Waals surface area contributed by atoms with Crippen molar-refractivity contribution in [3.63, 3.8) is 0 Å². The van der Waals surface area contributed by atoms with Crippen molar-refractivity contribution in [3.05, 3.63) is 129 Å². The molecular weight excluding hydrogens is 605 g/mol. The standard InChI is InChI=1S/C27H43N2P.C12H10N.Cu/c1-20(2)28(9,21(3)4)24-16-12-14-18-26(24)30(11)27-19-15-13-17-25(27)29(10,22(5)6)23(7)8;1-3-7-11(8-4-1)13-12-9-5-2-6-10-12;/h12-23H,9-10H2,1-8,11H3;1-10H;/q;-1;/p+1. The van der Waals surface area contributed by atoms with Crippen LogP contribution in [0.5, 0.6) is 0 Å². The number of para-hydroxylation sites is 4. The van der Waals surface area contributed by atoms with Crippen molar-refractivity contribution >= 4 is 41.3 Å². The Labute approximate surface area is 281 Å². The van der Waals surface area contributed by atoms with E-state index in [4.69, 9.17) is 14.1 Å². The van der Waals surface area contributed by atoms with Crippen LogP contribution in [-0.2, 0) is 17.1 Å². The minimum atomic E-state index is -1.01. The monoisotopic (exact) mass is 658 g/mol. The molecule has 3 nitrogen and oxygen atoms in total. The third kappa shape index (κ3) is 8.42. The number of hydrogen-bond acceptors (Lipinski definition) is 0. The predicted octanol–water partition coefficient (Wildman–Crippen LogP) is 10.3. The molecule has 0 bridgehead atoms. The van der Waals surface area contributed by atoms with Gasteiger partial charge in [-0.05, 0) is 67.5 Å². The minimum absolute atomic E-state index is 0. The number of quaternary nitrogens is 2. The summed E-state index contributed by atoms with van der Waals surface area (Å²) in [5.41, 5.74) is 4.72. The summed E-state index contributed by atoms with van der Waals surface area (Å²) >= 11 is 0. The van der Waals surface area contributed by atoms with Gasteiger partial charge in [0.05, 0.1) is 38.8 Å². The normalized spacial score (nSPS) is 11.9. The molecule has 0 heterocycles. The van der Waals surface area contributed by atoms with E-state index in [9.17, 15) is 0 Å². The number of hydrogen-bond donors (Lipinski definition) is 0. The first kappa shape index (κ1) is 37.7. The van der Waals surface area contributed by atoms with E-state index in [1.807, 2.05) is 60.7 Å². The molecule has 5 heteroatoms. The summed E-state index contributed by atoms with van der Waals surface area (Å²) in [6, 6.07) is 39.5. The van der Waals surface area contributed by atoms with Gasteiger partial charge in [0, 0.05) is 29.2 Å². The average molecular weight is 659 g/mol. The second kappa shape index (κ2) is 16.7. The molecule has 0 amide bonds. The second-order valence-corrected chi connectivity index (χ2v) is 15.0. The Morgan fingerprint density at radius 2 is 0.750 bits per heavy atom. The zero-order valence-electron chi connectivity index (χ0n) is 28.3. The van der Waals surface area contributed by atoms with Gasteiger partial charge in [-0.25, -0.2) is 0 Å². The molecule has 0 aliphatic heterocycles. The summed E-state index contributed by atoms with van der Waals surface area (Å²) < 4.78 is 1.41. The molecule has 0 N–H and O–H groups in total. The molecule has 0 saturated heterocycles. The van der Waals surface area contributed by atoms with E-state index >= 15 is 0 Å². The molecule has 0 aliphatic rings. The topological polar surface area (TPSA) is 14.1 Å². The van der Waals surface area contributed by atoms with E-state index in [1.165, 1.54) is 22.0 Å². The molecule has 0 aliphatic carbocycles. The number of benzene rings is 4. The summed E-state index contributed by atoms with van der Waals surface area (Å²) in [5.74, 6) is 0. The predicted molar refractivity (Wildman–Crippen MR) is 197 cm³/mol. The maximum atomic E-state index is 4.74. The van der Waals surface area contributed by atoms with Crippen molar-refractivity contribution in [2.75, 3.05) is 6.66 Å². The molecule has 1 radical (unpaired) electrons. The Morgan fingerprint density at radius 3 is 1.05 bits per heavy atom. The number of rotatable bonds is 10. The van der Waals surface area contributed by atoms with E-state index in [-0.39, 0.29) is 17.1 Å². The minimum Gasteiger partial charge on any atom is -0.658 e. The largest absolute Gasteiger partial charge is 0.658 e. The van der Waals surface area contributed by atoms with Gasteiger partial charge in [-0.15, -0.1) is 25.5 Å². The Bertz CT molecular complexity index is 1280. The zero-order valence-corrected chi connectivity index (χ0v) is 30.2. The van der Waals surface area contributed by atoms with E-state index in [2.05, 4.69) is 116 Å². The van der Waals surface area contributed by atoms with E-state index in [1.54, 1.807) is 0 Å². The van der Waals surface area contributed by atoms with Crippen LogP contribution in [0, 0.1) is 14.1 Å². The summed E-state index contributed by atoms with van der Waals surface area (Å²) in [6.45, 7) is 20.7. The molecule has 44 heavy (non-hydrogen) atoms.